The second-order valence-electron chi connectivity index (χ2n) is 5.19. The molecule has 0 saturated carbocycles. The highest BCUT2D eigenvalue weighted by Gasteiger charge is 2.16. The number of aromatic nitrogens is 1. The van der Waals surface area contributed by atoms with E-state index in [0.29, 0.717) is 21.5 Å². The van der Waals surface area contributed by atoms with E-state index >= 15 is 0 Å². The molecule has 0 spiro atoms. The Hall–Kier alpha value is -2.66. The summed E-state index contributed by atoms with van der Waals surface area (Å²) >= 11 is 1.39. The molecule has 0 aliphatic rings. The maximum Gasteiger partial charge on any atom is 0.266 e. The first kappa shape index (κ1) is 14.0. The summed E-state index contributed by atoms with van der Waals surface area (Å²) in [6, 6.07) is 11.9. The molecule has 3 nitrogen and oxygen atoms in total. The molecule has 5 heteroatoms. The van der Waals surface area contributed by atoms with Crippen LogP contribution in [0.1, 0.15) is 0 Å². The van der Waals surface area contributed by atoms with Gasteiger partial charge in [-0.1, -0.05) is 12.1 Å². The SMILES string of the molecule is COc1ccc2[nH]c(=O)c3sccc3c2c1-c1cccc(F)c1. The Morgan fingerprint density at radius 2 is 2.04 bits per heavy atom. The third kappa shape index (κ3) is 2.12. The van der Waals surface area contributed by atoms with Gasteiger partial charge < -0.3 is 9.72 Å². The van der Waals surface area contributed by atoms with Crippen molar-refractivity contribution in [3.63, 3.8) is 0 Å². The monoisotopic (exact) mass is 325 g/mol. The van der Waals surface area contributed by atoms with Crippen molar-refractivity contribution >= 4 is 32.3 Å². The summed E-state index contributed by atoms with van der Waals surface area (Å²) in [6.45, 7) is 0. The molecule has 4 rings (SSSR count). The highest BCUT2D eigenvalue weighted by molar-refractivity contribution is 7.17. The minimum Gasteiger partial charge on any atom is -0.496 e. The largest absolute Gasteiger partial charge is 0.496 e. The van der Waals surface area contributed by atoms with Crippen molar-refractivity contribution in [1.29, 1.82) is 0 Å². The lowest BCUT2D eigenvalue weighted by atomic mass is 9.97. The molecule has 2 heterocycles. The van der Waals surface area contributed by atoms with Crippen LogP contribution < -0.4 is 10.3 Å². The topological polar surface area (TPSA) is 42.1 Å². The fourth-order valence-corrected chi connectivity index (χ4v) is 3.72. The molecule has 0 saturated heterocycles. The van der Waals surface area contributed by atoms with E-state index in [1.807, 2.05) is 23.6 Å². The van der Waals surface area contributed by atoms with E-state index in [2.05, 4.69) is 4.98 Å². The number of fused-ring (bicyclic) bond motifs is 3. The summed E-state index contributed by atoms with van der Waals surface area (Å²) in [6.07, 6.45) is 0. The molecule has 0 aliphatic carbocycles. The number of thiophene rings is 1. The van der Waals surface area contributed by atoms with E-state index < -0.39 is 0 Å². The van der Waals surface area contributed by atoms with Gasteiger partial charge in [-0.25, -0.2) is 4.39 Å². The number of hydrogen-bond donors (Lipinski definition) is 1. The number of rotatable bonds is 2. The Morgan fingerprint density at radius 3 is 2.83 bits per heavy atom. The fourth-order valence-electron chi connectivity index (χ4n) is 2.93. The van der Waals surface area contributed by atoms with Crippen molar-refractivity contribution in [3.8, 4) is 16.9 Å². The van der Waals surface area contributed by atoms with Gasteiger partial charge in [0, 0.05) is 21.9 Å². The van der Waals surface area contributed by atoms with E-state index in [-0.39, 0.29) is 11.4 Å². The zero-order valence-corrected chi connectivity index (χ0v) is 13.0. The molecule has 0 atom stereocenters. The van der Waals surface area contributed by atoms with E-state index in [4.69, 9.17) is 4.74 Å². The highest BCUT2D eigenvalue weighted by atomic mass is 32.1. The summed E-state index contributed by atoms with van der Waals surface area (Å²) < 4.78 is 19.9. The van der Waals surface area contributed by atoms with Crippen molar-refractivity contribution < 1.29 is 9.13 Å². The van der Waals surface area contributed by atoms with E-state index in [1.165, 1.54) is 23.5 Å². The molecular formula is C18H12FNO2S. The average Bonchev–Trinajstić information content (AvgIpc) is 3.04. The van der Waals surface area contributed by atoms with Crippen molar-refractivity contribution in [2.24, 2.45) is 0 Å². The standard InChI is InChI=1S/C18H12FNO2S/c1-22-14-6-5-13-16(12-7-8-23-17(12)18(21)20-13)15(14)10-3-2-4-11(19)9-10/h2-9H,1H3,(H,20,21). The molecule has 0 bridgehead atoms. The van der Waals surface area contributed by atoms with Gasteiger partial charge in [0.25, 0.3) is 5.56 Å². The molecule has 0 aliphatic heterocycles. The van der Waals surface area contributed by atoms with E-state index in [9.17, 15) is 9.18 Å². The fraction of sp³-hybridized carbons (Fsp3) is 0.0556. The number of benzene rings is 2. The molecule has 2 aromatic heterocycles. The molecule has 0 radical (unpaired) electrons. The van der Waals surface area contributed by atoms with Crippen LogP contribution in [0.4, 0.5) is 4.39 Å². The molecule has 0 fully saturated rings. The van der Waals surface area contributed by atoms with Gasteiger partial charge >= 0.3 is 0 Å². The van der Waals surface area contributed by atoms with E-state index in [1.54, 1.807) is 19.2 Å². The number of nitrogens with one attached hydrogen (secondary N) is 1. The zero-order valence-electron chi connectivity index (χ0n) is 12.2. The first-order chi connectivity index (χ1) is 11.2. The van der Waals surface area contributed by atoms with Gasteiger partial charge in [0.2, 0.25) is 0 Å². The number of H-pyrrole nitrogens is 1. The molecule has 1 N–H and O–H groups in total. The number of hydrogen-bond acceptors (Lipinski definition) is 3. The van der Waals surface area contributed by atoms with Crippen molar-refractivity contribution in [2.75, 3.05) is 7.11 Å². The molecule has 0 unspecified atom stereocenters. The molecular weight excluding hydrogens is 313 g/mol. The van der Waals surface area contributed by atoms with Gasteiger partial charge in [0.1, 0.15) is 16.3 Å². The summed E-state index contributed by atoms with van der Waals surface area (Å²) in [7, 11) is 1.58. The van der Waals surface area contributed by atoms with Crippen LogP contribution in [0.25, 0.3) is 32.1 Å². The Labute approximate surface area is 135 Å². The molecule has 4 aromatic rings. The zero-order chi connectivity index (χ0) is 16.0. The van der Waals surface area contributed by atoms with Crippen LogP contribution in [-0.4, -0.2) is 12.1 Å². The third-order valence-corrected chi connectivity index (χ3v) is 4.80. The molecule has 0 amide bonds. The van der Waals surface area contributed by atoms with Crippen molar-refractivity contribution in [3.05, 3.63) is 64.0 Å². The van der Waals surface area contributed by atoms with Crippen LogP contribution in [0.2, 0.25) is 0 Å². The Bertz CT molecular complexity index is 1100. The molecule has 23 heavy (non-hydrogen) atoms. The van der Waals surface area contributed by atoms with Crippen LogP contribution in [0.15, 0.2) is 52.6 Å². The maximum atomic E-state index is 13.7. The summed E-state index contributed by atoms with van der Waals surface area (Å²) in [5.74, 6) is 0.329. The molecule has 114 valence electrons. The average molecular weight is 325 g/mol. The Balaban J connectivity index is 2.24. The highest BCUT2D eigenvalue weighted by Crippen LogP contribution is 2.40. The van der Waals surface area contributed by atoms with Crippen molar-refractivity contribution in [1.82, 2.24) is 4.98 Å². The van der Waals surface area contributed by atoms with Crippen LogP contribution in [0.3, 0.4) is 0 Å². The lowest BCUT2D eigenvalue weighted by molar-refractivity contribution is 0.417. The van der Waals surface area contributed by atoms with Gasteiger partial charge in [-0.3, -0.25) is 4.79 Å². The first-order valence-electron chi connectivity index (χ1n) is 7.05. The van der Waals surface area contributed by atoms with Crippen LogP contribution in [-0.2, 0) is 0 Å². The predicted octanol–water partition coefficient (Wildman–Crippen LogP) is 4.56. The minimum atomic E-state index is -0.312. The van der Waals surface area contributed by atoms with Crippen LogP contribution >= 0.6 is 11.3 Å². The first-order valence-corrected chi connectivity index (χ1v) is 7.93. The predicted molar refractivity (Wildman–Crippen MR) is 91.9 cm³/mol. The maximum absolute atomic E-state index is 13.7. The number of aromatic amines is 1. The van der Waals surface area contributed by atoms with Crippen LogP contribution in [0.5, 0.6) is 5.75 Å². The molecule has 2 aromatic carbocycles. The number of pyridine rings is 1. The van der Waals surface area contributed by atoms with Gasteiger partial charge in [-0.05, 0) is 41.3 Å². The second-order valence-corrected chi connectivity index (χ2v) is 6.11. The van der Waals surface area contributed by atoms with Crippen molar-refractivity contribution in [2.45, 2.75) is 0 Å². The summed E-state index contributed by atoms with van der Waals surface area (Å²) in [4.78, 5) is 15.1. The quantitative estimate of drug-likeness (QED) is 0.587. The lowest BCUT2D eigenvalue weighted by Gasteiger charge is -2.13. The van der Waals surface area contributed by atoms with Gasteiger partial charge in [0.05, 0.1) is 7.11 Å². The minimum absolute atomic E-state index is 0.113. The number of ether oxygens (including phenoxy) is 1. The number of halogens is 1. The third-order valence-electron chi connectivity index (χ3n) is 3.89. The summed E-state index contributed by atoms with van der Waals surface area (Å²) in [5.41, 5.74) is 2.09. The van der Waals surface area contributed by atoms with Gasteiger partial charge in [-0.2, -0.15) is 0 Å². The van der Waals surface area contributed by atoms with Crippen LogP contribution in [0, 0.1) is 5.82 Å². The van der Waals surface area contributed by atoms with Gasteiger partial charge in [0.15, 0.2) is 0 Å². The lowest BCUT2D eigenvalue weighted by Crippen LogP contribution is -2.05. The van der Waals surface area contributed by atoms with E-state index in [0.717, 1.165) is 16.3 Å². The Kier molecular flexibility index (Phi) is 3.16. The second kappa shape index (κ2) is 5.21. The summed E-state index contributed by atoms with van der Waals surface area (Å²) in [5, 5.41) is 3.60. The number of methoxy groups -OCH3 is 1. The smallest absolute Gasteiger partial charge is 0.266 e. The van der Waals surface area contributed by atoms with Gasteiger partial charge in [-0.15, -0.1) is 11.3 Å². The normalized spacial score (nSPS) is 11.2. The Morgan fingerprint density at radius 1 is 1.17 bits per heavy atom.